The van der Waals surface area contributed by atoms with E-state index in [1.54, 1.807) is 0 Å². The molecule has 7 heteroatoms. The van der Waals surface area contributed by atoms with Gasteiger partial charge in [-0.3, -0.25) is 4.79 Å². The predicted molar refractivity (Wildman–Crippen MR) is 68.3 cm³/mol. The van der Waals surface area contributed by atoms with Crippen LogP contribution < -0.4 is 16.4 Å². The minimum Gasteiger partial charge on any atom is -0.480 e. The van der Waals surface area contributed by atoms with Gasteiger partial charge >= 0.3 is 12.0 Å². The topological polar surface area (TPSA) is 122 Å². The second kappa shape index (κ2) is 6.96. The number of hydrogen-bond donors (Lipinski definition) is 4. The van der Waals surface area contributed by atoms with Gasteiger partial charge in [0.05, 0.1) is 6.42 Å². The van der Waals surface area contributed by atoms with E-state index in [1.165, 1.54) is 0 Å². The average Bonchev–Trinajstić information content (AvgIpc) is 2.80. The lowest BCUT2D eigenvalue weighted by Gasteiger charge is -2.22. The van der Waals surface area contributed by atoms with E-state index in [0.717, 1.165) is 25.7 Å². The van der Waals surface area contributed by atoms with Crippen LogP contribution in [0.5, 0.6) is 0 Å². The molecule has 0 bridgehead atoms. The van der Waals surface area contributed by atoms with Crippen molar-refractivity contribution in [1.29, 1.82) is 0 Å². The Bertz CT molecular complexity index is 353. The minimum atomic E-state index is -1.28. The molecule has 3 amide bonds. The highest BCUT2D eigenvalue weighted by Crippen LogP contribution is 2.27. The maximum Gasteiger partial charge on any atom is 0.326 e. The number of primary amides is 1. The number of hydrogen-bond acceptors (Lipinski definition) is 3. The van der Waals surface area contributed by atoms with Crippen LogP contribution in [-0.4, -0.2) is 35.1 Å². The summed E-state index contributed by atoms with van der Waals surface area (Å²) in [4.78, 5) is 33.2. The second-order valence-corrected chi connectivity index (χ2v) is 5.01. The van der Waals surface area contributed by atoms with E-state index in [9.17, 15) is 14.4 Å². The van der Waals surface area contributed by atoms with Crippen LogP contribution in [-0.2, 0) is 9.59 Å². The normalized spacial score (nSPS) is 18.6. The van der Waals surface area contributed by atoms with E-state index in [0.29, 0.717) is 5.92 Å². The molecule has 0 aromatic carbocycles. The van der Waals surface area contributed by atoms with Crippen LogP contribution in [0.1, 0.15) is 39.0 Å². The third kappa shape index (κ3) is 5.15. The van der Waals surface area contributed by atoms with Gasteiger partial charge in [-0.05, 0) is 25.7 Å². The molecule has 0 radical (unpaired) electrons. The van der Waals surface area contributed by atoms with Crippen LogP contribution >= 0.6 is 0 Å². The Labute approximate surface area is 111 Å². The van der Waals surface area contributed by atoms with Gasteiger partial charge in [0.25, 0.3) is 0 Å². The molecule has 7 nitrogen and oxygen atoms in total. The van der Waals surface area contributed by atoms with Gasteiger partial charge in [0.2, 0.25) is 5.91 Å². The summed E-state index contributed by atoms with van der Waals surface area (Å²) >= 11 is 0. The molecule has 0 aliphatic heterocycles. The summed E-state index contributed by atoms with van der Waals surface area (Å²) in [6, 6.07) is -1.87. The lowest BCUT2D eigenvalue weighted by molar-refractivity contribution is -0.140. The number of nitrogens with two attached hydrogens (primary N) is 1. The van der Waals surface area contributed by atoms with Crippen molar-refractivity contribution < 1.29 is 19.5 Å². The Hall–Kier alpha value is -1.79. The highest BCUT2D eigenvalue weighted by molar-refractivity contribution is 5.87. The number of carbonyl (C=O) groups is 3. The number of rotatable bonds is 6. The summed E-state index contributed by atoms with van der Waals surface area (Å²) in [5.74, 6) is -1.61. The number of amides is 3. The molecule has 0 spiro atoms. The molecule has 0 saturated heterocycles. The summed E-state index contributed by atoms with van der Waals surface area (Å²) in [5, 5.41) is 13.8. The molecule has 0 aromatic rings. The van der Waals surface area contributed by atoms with Crippen molar-refractivity contribution in [2.75, 3.05) is 0 Å². The van der Waals surface area contributed by atoms with E-state index in [1.807, 2.05) is 6.92 Å². The summed E-state index contributed by atoms with van der Waals surface area (Å²) in [7, 11) is 0. The van der Waals surface area contributed by atoms with E-state index in [-0.39, 0.29) is 6.04 Å². The zero-order valence-electron chi connectivity index (χ0n) is 11.0. The summed E-state index contributed by atoms with van der Waals surface area (Å²) in [5.41, 5.74) is 4.93. The molecule has 0 heterocycles. The Morgan fingerprint density at radius 1 is 1.26 bits per heavy atom. The number of nitrogens with one attached hydrogen (secondary N) is 2. The lowest BCUT2D eigenvalue weighted by atomic mass is 10.0. The van der Waals surface area contributed by atoms with Crippen LogP contribution in [0.4, 0.5) is 4.79 Å². The number of urea groups is 1. The standard InChI is InChI=1S/C12H21N3O4/c1-7(8-4-2-3-5-8)14-12(19)15-9(11(17)18)6-10(13)16/h7-9H,2-6H2,1H3,(H2,13,16)(H,17,18)(H2,14,15,19)/t7?,9-/m0/s1. The smallest absolute Gasteiger partial charge is 0.326 e. The molecule has 1 unspecified atom stereocenters. The first-order valence-corrected chi connectivity index (χ1v) is 6.48. The van der Waals surface area contributed by atoms with Crippen molar-refractivity contribution in [1.82, 2.24) is 10.6 Å². The van der Waals surface area contributed by atoms with Gasteiger partial charge in [-0.2, -0.15) is 0 Å². The SMILES string of the molecule is CC(NC(=O)N[C@@H](CC(N)=O)C(=O)O)C1CCCC1. The predicted octanol–water partition coefficient (Wildman–Crippen LogP) is 0.193. The fourth-order valence-corrected chi connectivity index (χ4v) is 2.38. The highest BCUT2D eigenvalue weighted by atomic mass is 16.4. The molecule has 1 rings (SSSR count). The molecular weight excluding hydrogens is 250 g/mol. The van der Waals surface area contributed by atoms with Crippen molar-refractivity contribution in [3.05, 3.63) is 0 Å². The van der Waals surface area contributed by atoms with Crippen molar-refractivity contribution in [3.8, 4) is 0 Å². The molecule has 1 fully saturated rings. The van der Waals surface area contributed by atoms with Gasteiger partial charge in [-0.25, -0.2) is 9.59 Å². The van der Waals surface area contributed by atoms with Crippen LogP contribution in [0, 0.1) is 5.92 Å². The largest absolute Gasteiger partial charge is 0.480 e. The van der Waals surface area contributed by atoms with Gasteiger partial charge in [0.1, 0.15) is 6.04 Å². The number of carboxylic acids is 1. The van der Waals surface area contributed by atoms with Crippen molar-refractivity contribution >= 4 is 17.9 Å². The Morgan fingerprint density at radius 2 is 1.84 bits per heavy atom. The van der Waals surface area contributed by atoms with Crippen LogP contribution in [0.2, 0.25) is 0 Å². The molecule has 108 valence electrons. The fourth-order valence-electron chi connectivity index (χ4n) is 2.38. The van der Waals surface area contributed by atoms with E-state index in [2.05, 4.69) is 10.6 Å². The fraction of sp³-hybridized carbons (Fsp3) is 0.750. The third-order valence-corrected chi connectivity index (χ3v) is 3.47. The minimum absolute atomic E-state index is 0.00878. The molecule has 1 aliphatic carbocycles. The molecular formula is C12H21N3O4. The molecule has 1 aliphatic rings. The second-order valence-electron chi connectivity index (χ2n) is 5.01. The van der Waals surface area contributed by atoms with Crippen molar-refractivity contribution in [2.24, 2.45) is 11.7 Å². The number of carboxylic acid groups (broad SMARTS) is 1. The Morgan fingerprint density at radius 3 is 2.32 bits per heavy atom. The van der Waals surface area contributed by atoms with Crippen molar-refractivity contribution in [2.45, 2.75) is 51.1 Å². The first kappa shape index (κ1) is 15.3. The molecule has 5 N–H and O–H groups in total. The van der Waals surface area contributed by atoms with Gasteiger partial charge < -0.3 is 21.5 Å². The summed E-state index contributed by atoms with van der Waals surface area (Å²) in [6.45, 7) is 1.90. The lowest BCUT2D eigenvalue weighted by Crippen LogP contribution is -2.50. The first-order valence-electron chi connectivity index (χ1n) is 6.48. The van der Waals surface area contributed by atoms with Crippen molar-refractivity contribution in [3.63, 3.8) is 0 Å². The average molecular weight is 271 g/mol. The van der Waals surface area contributed by atoms with E-state index < -0.39 is 30.4 Å². The number of aliphatic carboxylic acids is 1. The van der Waals surface area contributed by atoms with Gasteiger partial charge in [0.15, 0.2) is 0 Å². The Balaban J connectivity index is 2.43. The molecule has 1 saturated carbocycles. The molecule has 19 heavy (non-hydrogen) atoms. The highest BCUT2D eigenvalue weighted by Gasteiger charge is 2.26. The zero-order valence-corrected chi connectivity index (χ0v) is 11.0. The van der Waals surface area contributed by atoms with E-state index in [4.69, 9.17) is 10.8 Å². The Kier molecular flexibility index (Phi) is 5.59. The number of carbonyl (C=O) groups excluding carboxylic acids is 2. The summed E-state index contributed by atoms with van der Waals surface area (Å²) < 4.78 is 0. The summed E-state index contributed by atoms with van der Waals surface area (Å²) in [6.07, 6.45) is 4.06. The first-order chi connectivity index (χ1) is 8.90. The molecule has 0 aromatic heterocycles. The quantitative estimate of drug-likeness (QED) is 0.551. The maximum atomic E-state index is 11.7. The third-order valence-electron chi connectivity index (χ3n) is 3.47. The van der Waals surface area contributed by atoms with Crippen LogP contribution in [0.25, 0.3) is 0 Å². The maximum absolute atomic E-state index is 11.7. The van der Waals surface area contributed by atoms with Gasteiger partial charge in [-0.15, -0.1) is 0 Å². The van der Waals surface area contributed by atoms with Crippen LogP contribution in [0.3, 0.4) is 0 Å². The zero-order chi connectivity index (χ0) is 14.4. The molecule has 2 atom stereocenters. The monoisotopic (exact) mass is 271 g/mol. The van der Waals surface area contributed by atoms with Crippen LogP contribution in [0.15, 0.2) is 0 Å². The van der Waals surface area contributed by atoms with E-state index >= 15 is 0 Å². The van der Waals surface area contributed by atoms with Gasteiger partial charge in [0, 0.05) is 6.04 Å². The van der Waals surface area contributed by atoms with Gasteiger partial charge in [-0.1, -0.05) is 12.8 Å².